The van der Waals surface area contributed by atoms with E-state index in [0.29, 0.717) is 42.7 Å². The van der Waals surface area contributed by atoms with Crippen molar-refractivity contribution in [3.05, 3.63) is 34.1 Å². The highest BCUT2D eigenvalue weighted by Crippen LogP contribution is 2.37. The zero-order valence-corrected chi connectivity index (χ0v) is 23.6. The van der Waals surface area contributed by atoms with Crippen molar-refractivity contribution in [3.63, 3.8) is 0 Å². The lowest BCUT2D eigenvalue weighted by molar-refractivity contribution is 0.0153. The standard InChI is InChI=1S/C27H34F2N8O3/c1-15-12-36(23-22-25(34(6)26(38)33-23)37(13-20(28)29)21(32-22)9-10-30)16(2)11-35(15)17(3)18-7-8-19-24(31-18)40-27(4,5)14-39-19/h7-8,15-17,20H,9,11-14H2,1-6H3/t15-,16+,17?/m1/s1. The first-order chi connectivity index (χ1) is 18.9. The van der Waals surface area contributed by atoms with Crippen LogP contribution in [0, 0.1) is 11.3 Å². The monoisotopic (exact) mass is 556 g/mol. The Morgan fingerprint density at radius 3 is 2.62 bits per heavy atom. The molecule has 2 aliphatic rings. The molecule has 0 saturated carbocycles. The van der Waals surface area contributed by atoms with Crippen LogP contribution in [-0.4, -0.2) is 72.8 Å². The van der Waals surface area contributed by atoms with E-state index in [1.807, 2.05) is 43.9 Å². The molecule has 1 saturated heterocycles. The van der Waals surface area contributed by atoms with Crippen LogP contribution < -0.4 is 20.1 Å². The molecule has 3 aromatic rings. The third-order valence-corrected chi connectivity index (χ3v) is 7.62. The van der Waals surface area contributed by atoms with E-state index in [4.69, 9.17) is 14.5 Å². The molecular formula is C27H34F2N8O3. The van der Waals surface area contributed by atoms with Gasteiger partial charge in [0.25, 0.3) is 12.3 Å². The minimum absolute atomic E-state index is 0.0280. The van der Waals surface area contributed by atoms with E-state index >= 15 is 0 Å². The van der Waals surface area contributed by atoms with Gasteiger partial charge < -0.3 is 18.9 Å². The Morgan fingerprint density at radius 2 is 1.93 bits per heavy atom. The Labute approximate surface area is 231 Å². The first-order valence-corrected chi connectivity index (χ1v) is 13.4. The van der Waals surface area contributed by atoms with Gasteiger partial charge in [-0.1, -0.05) is 0 Å². The number of fused-ring (bicyclic) bond motifs is 2. The highest BCUT2D eigenvalue weighted by molar-refractivity contribution is 5.84. The molecule has 2 aliphatic heterocycles. The van der Waals surface area contributed by atoms with Gasteiger partial charge in [0.15, 0.2) is 11.6 Å². The predicted molar refractivity (Wildman–Crippen MR) is 144 cm³/mol. The average molecular weight is 557 g/mol. The molecule has 0 aromatic carbocycles. The molecule has 3 aromatic heterocycles. The first-order valence-electron chi connectivity index (χ1n) is 13.4. The van der Waals surface area contributed by atoms with Gasteiger partial charge in [-0.2, -0.15) is 10.2 Å². The van der Waals surface area contributed by atoms with Crippen molar-refractivity contribution in [2.75, 3.05) is 24.6 Å². The molecule has 1 unspecified atom stereocenters. The number of nitrogens with zero attached hydrogens (tertiary/aromatic N) is 8. The summed E-state index contributed by atoms with van der Waals surface area (Å²) < 4.78 is 41.3. The number of imidazole rings is 1. The number of aryl methyl sites for hydroxylation is 1. The van der Waals surface area contributed by atoms with E-state index in [-0.39, 0.29) is 36.0 Å². The molecule has 1 fully saturated rings. The van der Waals surface area contributed by atoms with Gasteiger partial charge in [0.2, 0.25) is 0 Å². The van der Waals surface area contributed by atoms with Crippen molar-refractivity contribution < 1.29 is 18.3 Å². The Balaban J connectivity index is 1.46. The summed E-state index contributed by atoms with van der Waals surface area (Å²) in [6.07, 6.45) is -2.84. The van der Waals surface area contributed by atoms with E-state index < -0.39 is 24.3 Å². The van der Waals surface area contributed by atoms with Gasteiger partial charge in [0.05, 0.1) is 24.7 Å². The molecule has 0 amide bonds. The molecule has 214 valence electrons. The molecule has 0 bridgehead atoms. The van der Waals surface area contributed by atoms with Crippen LogP contribution >= 0.6 is 0 Å². The summed E-state index contributed by atoms with van der Waals surface area (Å²) in [6, 6.07) is 5.73. The van der Waals surface area contributed by atoms with Crippen molar-refractivity contribution in [1.29, 1.82) is 5.26 Å². The van der Waals surface area contributed by atoms with E-state index in [9.17, 15) is 18.8 Å². The van der Waals surface area contributed by atoms with E-state index in [1.165, 1.54) is 16.2 Å². The lowest BCUT2D eigenvalue weighted by Crippen LogP contribution is -2.57. The summed E-state index contributed by atoms with van der Waals surface area (Å²) in [7, 11) is 1.48. The normalized spacial score (nSPS) is 21.6. The largest absolute Gasteiger partial charge is 0.484 e. The molecular weight excluding hydrogens is 522 g/mol. The second kappa shape index (κ2) is 10.3. The van der Waals surface area contributed by atoms with Crippen molar-refractivity contribution in [2.24, 2.45) is 7.05 Å². The number of alkyl halides is 2. The van der Waals surface area contributed by atoms with Crippen LogP contribution in [0.5, 0.6) is 11.6 Å². The summed E-state index contributed by atoms with van der Waals surface area (Å²) in [5, 5.41) is 9.28. The molecule has 11 nitrogen and oxygen atoms in total. The summed E-state index contributed by atoms with van der Waals surface area (Å²) in [5.74, 6) is 1.64. The lowest BCUT2D eigenvalue weighted by atomic mass is 10.0. The van der Waals surface area contributed by atoms with Crippen molar-refractivity contribution in [1.82, 2.24) is 29.0 Å². The third-order valence-electron chi connectivity index (χ3n) is 7.62. The second-order valence-electron chi connectivity index (χ2n) is 11.2. The zero-order chi connectivity index (χ0) is 28.9. The lowest BCUT2D eigenvalue weighted by Gasteiger charge is -2.47. The Bertz CT molecular complexity index is 1530. The average Bonchev–Trinajstić information content (AvgIpc) is 3.23. The van der Waals surface area contributed by atoms with Gasteiger partial charge in [0, 0.05) is 38.3 Å². The minimum Gasteiger partial charge on any atom is -0.484 e. The molecule has 5 rings (SSSR count). The number of anilines is 1. The van der Waals surface area contributed by atoms with Gasteiger partial charge in [-0.3, -0.25) is 9.47 Å². The number of halogens is 2. The number of ether oxygens (including phenoxy) is 2. The SMILES string of the molecule is CC(c1ccc2c(n1)OC(C)(C)CO2)N1C[C@H](C)N(c2nc(=O)n(C)c3c2nc(CC#N)n3CC(F)F)C[C@H]1C. The quantitative estimate of drug-likeness (QED) is 0.452. The minimum atomic E-state index is -2.68. The predicted octanol–water partition coefficient (Wildman–Crippen LogP) is 3.07. The van der Waals surface area contributed by atoms with Gasteiger partial charge in [0.1, 0.15) is 29.2 Å². The molecule has 40 heavy (non-hydrogen) atoms. The number of hydrogen-bond donors (Lipinski definition) is 0. The molecule has 5 heterocycles. The number of rotatable bonds is 6. The third kappa shape index (κ3) is 4.96. The van der Waals surface area contributed by atoms with Gasteiger partial charge in [-0.15, -0.1) is 0 Å². The molecule has 0 spiro atoms. The maximum Gasteiger partial charge on any atom is 0.350 e. The smallest absolute Gasteiger partial charge is 0.350 e. The van der Waals surface area contributed by atoms with Gasteiger partial charge >= 0.3 is 5.69 Å². The van der Waals surface area contributed by atoms with Crippen molar-refractivity contribution >= 4 is 17.0 Å². The number of hydrogen-bond acceptors (Lipinski definition) is 9. The highest BCUT2D eigenvalue weighted by Gasteiger charge is 2.36. The Hall–Kier alpha value is -3.79. The van der Waals surface area contributed by atoms with Crippen LogP contribution in [0.2, 0.25) is 0 Å². The second-order valence-corrected chi connectivity index (χ2v) is 11.2. The molecule has 13 heteroatoms. The zero-order valence-electron chi connectivity index (χ0n) is 23.6. The fraction of sp³-hybridized carbons (Fsp3) is 0.593. The van der Waals surface area contributed by atoms with Crippen LogP contribution in [0.25, 0.3) is 11.2 Å². The summed E-state index contributed by atoms with van der Waals surface area (Å²) >= 11 is 0. The van der Waals surface area contributed by atoms with Crippen LogP contribution in [-0.2, 0) is 20.0 Å². The van der Waals surface area contributed by atoms with Crippen LogP contribution in [0.3, 0.4) is 0 Å². The number of aromatic nitrogens is 5. The fourth-order valence-electron chi connectivity index (χ4n) is 5.58. The Morgan fingerprint density at radius 1 is 1.18 bits per heavy atom. The summed E-state index contributed by atoms with van der Waals surface area (Å²) in [4.78, 5) is 30.9. The van der Waals surface area contributed by atoms with E-state index in [0.717, 1.165) is 5.69 Å². The van der Waals surface area contributed by atoms with Crippen LogP contribution in [0.15, 0.2) is 16.9 Å². The highest BCUT2D eigenvalue weighted by atomic mass is 19.3. The summed E-state index contributed by atoms with van der Waals surface area (Å²) in [6.45, 7) is 11.1. The molecule has 3 atom stereocenters. The van der Waals surface area contributed by atoms with Crippen molar-refractivity contribution in [3.8, 4) is 17.7 Å². The molecule has 0 radical (unpaired) electrons. The summed E-state index contributed by atoms with van der Waals surface area (Å²) in [5.41, 5.74) is 0.397. The fourth-order valence-corrected chi connectivity index (χ4v) is 5.58. The van der Waals surface area contributed by atoms with Gasteiger partial charge in [-0.05, 0) is 46.8 Å². The molecule has 0 N–H and O–H groups in total. The van der Waals surface area contributed by atoms with Crippen molar-refractivity contribution in [2.45, 2.75) is 77.7 Å². The molecule has 0 aliphatic carbocycles. The first kappa shape index (κ1) is 27.8. The number of pyridine rings is 1. The maximum absolute atomic E-state index is 13.5. The van der Waals surface area contributed by atoms with Crippen LogP contribution in [0.4, 0.5) is 14.6 Å². The Kier molecular flexibility index (Phi) is 7.16. The van der Waals surface area contributed by atoms with Gasteiger partial charge in [-0.25, -0.2) is 23.5 Å². The number of piperazine rings is 1. The number of nitriles is 1. The maximum atomic E-state index is 13.5. The van der Waals surface area contributed by atoms with Crippen LogP contribution in [0.1, 0.15) is 52.2 Å². The van der Waals surface area contributed by atoms with E-state index in [1.54, 1.807) is 0 Å². The van der Waals surface area contributed by atoms with E-state index in [2.05, 4.69) is 28.7 Å². The topological polar surface area (TPSA) is 114 Å².